The Morgan fingerprint density at radius 3 is 2.37 bits per heavy atom. The van der Waals surface area contributed by atoms with Crippen molar-refractivity contribution >= 4 is 45.9 Å². The summed E-state index contributed by atoms with van der Waals surface area (Å²) in [6.45, 7) is 4.50. The van der Waals surface area contributed by atoms with E-state index in [2.05, 4.69) is 20.8 Å². The molecule has 1 aliphatic rings. The van der Waals surface area contributed by atoms with Gasteiger partial charge in [-0.05, 0) is 75.1 Å². The summed E-state index contributed by atoms with van der Waals surface area (Å²) in [5.41, 5.74) is 2.52. The zero-order valence-corrected chi connectivity index (χ0v) is 27.6. The van der Waals surface area contributed by atoms with Crippen molar-refractivity contribution in [3.8, 4) is 22.9 Å². The first-order chi connectivity index (χ1) is 22.3. The number of fused-ring (bicyclic) bond motifs is 1. The molecule has 2 aromatic heterocycles. The van der Waals surface area contributed by atoms with Gasteiger partial charge in [0.2, 0.25) is 5.91 Å². The maximum absolute atomic E-state index is 13.2. The molecule has 0 atom stereocenters. The molecule has 0 saturated carbocycles. The van der Waals surface area contributed by atoms with Crippen molar-refractivity contribution in [3.05, 3.63) is 69.9 Å². The molecule has 2 amide bonds. The minimum atomic E-state index is -0.417. The van der Waals surface area contributed by atoms with E-state index in [1.165, 1.54) is 37.3 Å². The number of hydrogen-bond acceptors (Lipinski definition) is 11. The first kappa shape index (κ1) is 32.8. The summed E-state index contributed by atoms with van der Waals surface area (Å²) in [7, 11) is 3.03. The lowest BCUT2D eigenvalue weighted by Crippen LogP contribution is -2.24. The molecular formula is C32H35N5O7S2. The van der Waals surface area contributed by atoms with Gasteiger partial charge in [0.25, 0.3) is 5.91 Å². The van der Waals surface area contributed by atoms with Crippen LogP contribution < -0.4 is 24.8 Å². The summed E-state index contributed by atoms with van der Waals surface area (Å²) in [6.07, 6.45) is 2.66. The molecule has 0 saturated heterocycles. The van der Waals surface area contributed by atoms with Gasteiger partial charge >= 0.3 is 5.97 Å². The van der Waals surface area contributed by atoms with E-state index in [0.29, 0.717) is 51.0 Å². The molecule has 12 nitrogen and oxygen atoms in total. The van der Waals surface area contributed by atoms with Gasteiger partial charge in [0.15, 0.2) is 11.0 Å². The van der Waals surface area contributed by atoms with E-state index in [-0.39, 0.29) is 30.7 Å². The van der Waals surface area contributed by atoms with Crippen molar-refractivity contribution in [2.45, 2.75) is 44.8 Å². The van der Waals surface area contributed by atoms with Crippen LogP contribution in [0.25, 0.3) is 5.69 Å². The molecule has 242 valence electrons. The van der Waals surface area contributed by atoms with Crippen molar-refractivity contribution in [3.63, 3.8) is 0 Å². The van der Waals surface area contributed by atoms with Crippen molar-refractivity contribution in [2.75, 3.05) is 38.5 Å². The Morgan fingerprint density at radius 2 is 1.70 bits per heavy atom. The molecule has 46 heavy (non-hydrogen) atoms. The second-order valence-corrected chi connectivity index (χ2v) is 12.1. The lowest BCUT2D eigenvalue weighted by Gasteiger charge is -2.13. The van der Waals surface area contributed by atoms with Crippen LogP contribution in [0.4, 0.5) is 5.00 Å². The third-order valence-electron chi connectivity index (χ3n) is 7.11. The third-order valence-corrected chi connectivity index (χ3v) is 9.25. The summed E-state index contributed by atoms with van der Waals surface area (Å²) in [5.74, 6) is 1.08. The van der Waals surface area contributed by atoms with E-state index in [4.69, 9.17) is 18.9 Å². The van der Waals surface area contributed by atoms with Crippen molar-refractivity contribution in [2.24, 2.45) is 0 Å². The Kier molecular flexibility index (Phi) is 10.8. The van der Waals surface area contributed by atoms with Crippen LogP contribution in [0.3, 0.4) is 0 Å². The molecule has 0 spiro atoms. The monoisotopic (exact) mass is 665 g/mol. The van der Waals surface area contributed by atoms with E-state index in [1.54, 1.807) is 29.7 Å². The molecule has 1 aliphatic carbocycles. The summed E-state index contributed by atoms with van der Waals surface area (Å²) >= 11 is 2.62. The SMILES string of the molecule is CCOC(=O)c1c(NC(=O)CSc2nnc(CNC(=O)c3cc(OC)cc(OC)c3)n2-c2ccc(OCC)cc2)sc2c1CCC2. The molecule has 2 N–H and O–H groups in total. The van der Waals surface area contributed by atoms with E-state index >= 15 is 0 Å². The average molecular weight is 666 g/mol. The second-order valence-electron chi connectivity index (χ2n) is 10.1. The van der Waals surface area contributed by atoms with E-state index in [9.17, 15) is 14.4 Å². The first-order valence-electron chi connectivity index (χ1n) is 14.8. The van der Waals surface area contributed by atoms with Gasteiger partial charge < -0.3 is 29.6 Å². The Morgan fingerprint density at radius 1 is 0.957 bits per heavy atom. The van der Waals surface area contributed by atoms with Crippen molar-refractivity contribution in [1.29, 1.82) is 0 Å². The largest absolute Gasteiger partial charge is 0.497 e. The summed E-state index contributed by atoms with van der Waals surface area (Å²) < 4.78 is 23.2. The van der Waals surface area contributed by atoms with Gasteiger partial charge in [0.1, 0.15) is 22.2 Å². The zero-order chi connectivity index (χ0) is 32.6. The number of carbonyl (C=O) groups is 3. The smallest absolute Gasteiger partial charge is 0.341 e. The Hall–Kier alpha value is -4.56. The van der Waals surface area contributed by atoms with Gasteiger partial charge in [-0.2, -0.15) is 0 Å². The minimum absolute atomic E-state index is 0.00988. The van der Waals surface area contributed by atoms with Crippen LogP contribution in [0.2, 0.25) is 0 Å². The van der Waals surface area contributed by atoms with Crippen LogP contribution in [0, 0.1) is 0 Å². The fourth-order valence-electron chi connectivity index (χ4n) is 5.03. The summed E-state index contributed by atoms with van der Waals surface area (Å²) in [5, 5.41) is 15.5. The van der Waals surface area contributed by atoms with Crippen LogP contribution in [0.5, 0.6) is 17.2 Å². The number of aryl methyl sites for hydroxylation is 1. The second kappa shape index (κ2) is 15.1. The Bertz CT molecular complexity index is 1700. The molecule has 0 unspecified atom stereocenters. The van der Waals surface area contributed by atoms with Crippen LogP contribution in [0.1, 0.15) is 57.2 Å². The number of thioether (sulfide) groups is 1. The molecule has 4 aromatic rings. The standard InChI is InChI=1S/C32H35N5O7S2/c1-5-43-21-12-10-20(11-13-21)37-26(17-33-29(39)19-14-22(41-3)16-23(15-19)42-4)35-36-32(37)45-18-27(38)34-30-28(31(40)44-6-2)24-8-7-9-25(24)46-30/h10-16H,5-9,17-18H2,1-4H3,(H,33,39)(H,34,38). The number of nitrogens with zero attached hydrogens (tertiary/aromatic N) is 3. The molecular weight excluding hydrogens is 631 g/mol. The average Bonchev–Trinajstić information content (AvgIpc) is 3.77. The van der Waals surface area contributed by atoms with Gasteiger partial charge in [-0.3, -0.25) is 14.2 Å². The highest BCUT2D eigenvalue weighted by molar-refractivity contribution is 7.99. The number of esters is 1. The number of thiophene rings is 1. The number of methoxy groups -OCH3 is 2. The third kappa shape index (κ3) is 7.45. The van der Waals surface area contributed by atoms with Crippen molar-refractivity contribution in [1.82, 2.24) is 20.1 Å². The number of ether oxygens (including phenoxy) is 4. The highest BCUT2D eigenvalue weighted by Gasteiger charge is 2.28. The van der Waals surface area contributed by atoms with Gasteiger partial charge in [-0.1, -0.05) is 11.8 Å². The summed E-state index contributed by atoms with van der Waals surface area (Å²) in [6, 6.07) is 12.3. The number of benzene rings is 2. The number of nitrogens with one attached hydrogen (secondary N) is 2. The van der Waals surface area contributed by atoms with E-state index in [1.807, 2.05) is 31.2 Å². The maximum atomic E-state index is 13.2. The quantitative estimate of drug-likeness (QED) is 0.138. The minimum Gasteiger partial charge on any atom is -0.497 e. The van der Waals surface area contributed by atoms with Gasteiger partial charge in [0, 0.05) is 22.2 Å². The first-order valence-corrected chi connectivity index (χ1v) is 16.6. The molecule has 2 aromatic carbocycles. The Balaban J connectivity index is 1.34. The number of anilines is 1. The number of amides is 2. The number of hydrogen-bond donors (Lipinski definition) is 2. The van der Waals surface area contributed by atoms with Gasteiger partial charge in [0.05, 0.1) is 45.3 Å². The Labute approximate surface area is 274 Å². The van der Waals surface area contributed by atoms with E-state index in [0.717, 1.165) is 35.4 Å². The molecule has 0 aliphatic heterocycles. The molecule has 14 heteroatoms. The maximum Gasteiger partial charge on any atom is 0.341 e. The highest BCUT2D eigenvalue weighted by Crippen LogP contribution is 2.39. The molecule has 0 bridgehead atoms. The fourth-order valence-corrected chi connectivity index (χ4v) is 7.09. The zero-order valence-electron chi connectivity index (χ0n) is 26.0. The lowest BCUT2D eigenvalue weighted by atomic mass is 10.1. The van der Waals surface area contributed by atoms with Crippen LogP contribution in [-0.4, -0.2) is 65.7 Å². The molecule has 0 fully saturated rings. The van der Waals surface area contributed by atoms with Gasteiger partial charge in [-0.25, -0.2) is 4.79 Å². The number of aromatic nitrogens is 3. The number of carbonyl (C=O) groups excluding carboxylic acids is 3. The van der Waals surface area contributed by atoms with Crippen LogP contribution in [0.15, 0.2) is 47.6 Å². The highest BCUT2D eigenvalue weighted by atomic mass is 32.2. The van der Waals surface area contributed by atoms with Crippen LogP contribution >= 0.6 is 23.1 Å². The van der Waals surface area contributed by atoms with Crippen LogP contribution in [-0.2, 0) is 28.9 Å². The number of rotatable bonds is 14. The fraction of sp³-hybridized carbons (Fsp3) is 0.344. The predicted molar refractivity (Wildman–Crippen MR) is 175 cm³/mol. The molecule has 5 rings (SSSR count). The van der Waals surface area contributed by atoms with Crippen molar-refractivity contribution < 1.29 is 33.3 Å². The topological polar surface area (TPSA) is 143 Å². The molecule has 2 heterocycles. The lowest BCUT2D eigenvalue weighted by molar-refractivity contribution is -0.113. The molecule has 0 radical (unpaired) electrons. The predicted octanol–water partition coefficient (Wildman–Crippen LogP) is 5.07. The van der Waals surface area contributed by atoms with Gasteiger partial charge in [-0.15, -0.1) is 21.5 Å². The normalized spacial score (nSPS) is 11.9. The van der Waals surface area contributed by atoms with E-state index < -0.39 is 5.97 Å². The summed E-state index contributed by atoms with van der Waals surface area (Å²) in [4.78, 5) is 40.1.